The molecular formula is C19H25FN2O2. The van der Waals surface area contributed by atoms with E-state index < -0.39 is 5.91 Å². The lowest BCUT2D eigenvalue weighted by Gasteiger charge is -2.57. The van der Waals surface area contributed by atoms with Gasteiger partial charge in [-0.25, -0.2) is 9.87 Å². The molecule has 4 rings (SSSR count). The largest absolute Gasteiger partial charge is 0.295 e. The van der Waals surface area contributed by atoms with Crippen LogP contribution in [0.5, 0.6) is 0 Å². The van der Waals surface area contributed by atoms with Gasteiger partial charge in [0.25, 0.3) is 5.91 Å². The Morgan fingerprint density at radius 3 is 2.71 bits per heavy atom. The quantitative estimate of drug-likeness (QED) is 0.644. The maximum absolute atomic E-state index is 14.5. The zero-order valence-electron chi connectivity index (χ0n) is 14.0. The van der Waals surface area contributed by atoms with E-state index in [0.29, 0.717) is 18.0 Å². The lowest BCUT2D eigenvalue weighted by atomic mass is 9.56. The van der Waals surface area contributed by atoms with Crippen molar-refractivity contribution in [1.29, 1.82) is 0 Å². The topological polar surface area (TPSA) is 52.6 Å². The molecule has 130 valence electrons. The van der Waals surface area contributed by atoms with E-state index in [2.05, 4.69) is 4.90 Å². The van der Waals surface area contributed by atoms with Gasteiger partial charge in [-0.1, -0.05) is 19.3 Å². The smallest absolute Gasteiger partial charge is 0.274 e. The van der Waals surface area contributed by atoms with Crippen LogP contribution in [0.4, 0.5) is 4.39 Å². The molecule has 2 aliphatic carbocycles. The van der Waals surface area contributed by atoms with Crippen LogP contribution in [-0.2, 0) is 13.0 Å². The van der Waals surface area contributed by atoms with Gasteiger partial charge in [-0.2, -0.15) is 0 Å². The number of nitrogens with zero attached hydrogens (tertiary/aromatic N) is 1. The Bertz CT molecular complexity index is 655. The summed E-state index contributed by atoms with van der Waals surface area (Å²) in [5.74, 6) is -0.980. The van der Waals surface area contributed by atoms with Crippen molar-refractivity contribution in [3.8, 4) is 0 Å². The summed E-state index contributed by atoms with van der Waals surface area (Å²) in [6.45, 7) is 1.58. The molecule has 1 aliphatic heterocycles. The average Bonchev–Trinajstić information content (AvgIpc) is 2.61. The summed E-state index contributed by atoms with van der Waals surface area (Å²) in [5.41, 5.74) is 3.90. The van der Waals surface area contributed by atoms with E-state index in [1.54, 1.807) is 11.5 Å². The first-order valence-corrected chi connectivity index (χ1v) is 9.13. The first-order chi connectivity index (χ1) is 11.6. The van der Waals surface area contributed by atoms with Crippen LogP contribution in [-0.4, -0.2) is 28.6 Å². The zero-order valence-corrected chi connectivity index (χ0v) is 14.0. The van der Waals surface area contributed by atoms with E-state index in [1.807, 2.05) is 0 Å². The minimum Gasteiger partial charge on any atom is -0.295 e. The van der Waals surface area contributed by atoms with Gasteiger partial charge in [0.2, 0.25) is 0 Å². The molecule has 2 saturated carbocycles. The molecule has 5 heteroatoms. The summed E-state index contributed by atoms with van der Waals surface area (Å²) in [6, 6.07) is 3.56. The molecule has 3 aliphatic rings. The number of hydroxylamine groups is 1. The number of hydrogen-bond acceptors (Lipinski definition) is 3. The molecule has 1 heterocycles. The highest BCUT2D eigenvalue weighted by molar-refractivity contribution is 5.93. The Hall–Kier alpha value is -1.46. The monoisotopic (exact) mass is 332 g/mol. The summed E-state index contributed by atoms with van der Waals surface area (Å²) in [5, 5.41) is 8.75. The van der Waals surface area contributed by atoms with Crippen LogP contribution < -0.4 is 5.48 Å². The van der Waals surface area contributed by atoms with Gasteiger partial charge in [0.05, 0.1) is 0 Å². The zero-order chi connectivity index (χ0) is 16.7. The van der Waals surface area contributed by atoms with E-state index in [-0.39, 0.29) is 11.4 Å². The number of halogens is 1. The minimum atomic E-state index is -0.653. The molecule has 1 aromatic rings. The van der Waals surface area contributed by atoms with Crippen LogP contribution in [0.25, 0.3) is 0 Å². The number of carbonyl (C=O) groups excluding carboxylic acids is 1. The second-order valence-corrected chi connectivity index (χ2v) is 7.73. The number of fused-ring (bicyclic) bond motifs is 1. The second kappa shape index (κ2) is 6.12. The number of benzene rings is 1. The van der Waals surface area contributed by atoms with Crippen LogP contribution in [0.2, 0.25) is 0 Å². The summed E-state index contributed by atoms with van der Waals surface area (Å²) >= 11 is 0. The molecule has 2 N–H and O–H groups in total. The maximum atomic E-state index is 14.5. The fourth-order valence-electron chi connectivity index (χ4n) is 5.19. The van der Waals surface area contributed by atoms with Crippen molar-refractivity contribution >= 4 is 5.91 Å². The SMILES string of the molecule is O=C(NO)c1cc(F)c2c(c1)CCN(C1CCC13CCCCC3)C2. The lowest BCUT2D eigenvalue weighted by molar-refractivity contribution is -0.0591. The Balaban J connectivity index is 1.55. The van der Waals surface area contributed by atoms with Crippen molar-refractivity contribution in [2.24, 2.45) is 5.41 Å². The van der Waals surface area contributed by atoms with Gasteiger partial charge in [0, 0.05) is 30.3 Å². The standard InChI is InChI=1S/C19H25FN2O2/c20-16-11-14(18(23)21-24)10-13-5-9-22(12-15(13)16)17-4-8-19(17)6-2-1-3-7-19/h10-11,17,24H,1-9,12H2,(H,21,23). The molecule has 24 heavy (non-hydrogen) atoms. The second-order valence-electron chi connectivity index (χ2n) is 7.73. The Labute approximate surface area is 142 Å². The molecule has 1 aromatic carbocycles. The molecular weight excluding hydrogens is 307 g/mol. The van der Waals surface area contributed by atoms with Crippen molar-refractivity contribution < 1.29 is 14.4 Å². The van der Waals surface area contributed by atoms with E-state index in [4.69, 9.17) is 5.21 Å². The highest BCUT2D eigenvalue weighted by Crippen LogP contribution is 2.54. The lowest BCUT2D eigenvalue weighted by Crippen LogP contribution is -2.57. The summed E-state index contributed by atoms with van der Waals surface area (Å²) in [4.78, 5) is 14.0. The highest BCUT2D eigenvalue weighted by atomic mass is 19.1. The molecule has 2 fully saturated rings. The molecule has 4 nitrogen and oxygen atoms in total. The number of carbonyl (C=O) groups is 1. The number of amides is 1. The van der Waals surface area contributed by atoms with E-state index in [0.717, 1.165) is 24.1 Å². The van der Waals surface area contributed by atoms with Crippen molar-refractivity contribution in [3.63, 3.8) is 0 Å². The maximum Gasteiger partial charge on any atom is 0.274 e. The first-order valence-electron chi connectivity index (χ1n) is 9.13. The van der Waals surface area contributed by atoms with Crippen molar-refractivity contribution in [3.05, 3.63) is 34.6 Å². The summed E-state index contributed by atoms with van der Waals surface area (Å²) < 4.78 is 14.5. The minimum absolute atomic E-state index is 0.189. The van der Waals surface area contributed by atoms with Crippen LogP contribution >= 0.6 is 0 Å². The first kappa shape index (κ1) is 16.0. The van der Waals surface area contributed by atoms with Crippen LogP contribution in [0.15, 0.2) is 12.1 Å². The van der Waals surface area contributed by atoms with Crippen molar-refractivity contribution in [2.45, 2.75) is 64.0 Å². The fraction of sp³-hybridized carbons (Fsp3) is 0.632. The average molecular weight is 332 g/mol. The molecule has 1 amide bonds. The van der Waals surface area contributed by atoms with E-state index in [1.165, 1.54) is 51.0 Å². The van der Waals surface area contributed by atoms with Crippen LogP contribution in [0.3, 0.4) is 0 Å². The van der Waals surface area contributed by atoms with Gasteiger partial charge in [-0.15, -0.1) is 0 Å². The van der Waals surface area contributed by atoms with Gasteiger partial charge in [-0.05, 0) is 55.2 Å². The van der Waals surface area contributed by atoms with Gasteiger partial charge in [0.15, 0.2) is 0 Å². The molecule has 0 aromatic heterocycles. The molecule has 0 bridgehead atoms. The summed E-state index contributed by atoms with van der Waals surface area (Å²) in [6.07, 6.45) is 10.1. The normalized spacial score (nSPS) is 25.8. The third-order valence-corrected chi connectivity index (χ3v) is 6.59. The molecule has 0 saturated heterocycles. The number of hydrogen-bond donors (Lipinski definition) is 2. The molecule has 0 radical (unpaired) electrons. The van der Waals surface area contributed by atoms with E-state index in [9.17, 15) is 9.18 Å². The molecule has 1 atom stereocenters. The van der Waals surface area contributed by atoms with Crippen LogP contribution in [0.1, 0.15) is 66.4 Å². The number of rotatable bonds is 2. The Morgan fingerprint density at radius 1 is 1.25 bits per heavy atom. The third-order valence-electron chi connectivity index (χ3n) is 6.59. The van der Waals surface area contributed by atoms with E-state index >= 15 is 0 Å². The van der Waals surface area contributed by atoms with Crippen molar-refractivity contribution in [1.82, 2.24) is 10.4 Å². The Morgan fingerprint density at radius 2 is 2.04 bits per heavy atom. The Kier molecular flexibility index (Phi) is 4.09. The molecule has 1 spiro atoms. The predicted molar refractivity (Wildman–Crippen MR) is 88.3 cm³/mol. The van der Waals surface area contributed by atoms with Crippen LogP contribution in [0, 0.1) is 11.2 Å². The van der Waals surface area contributed by atoms with Gasteiger partial charge in [0.1, 0.15) is 5.82 Å². The summed E-state index contributed by atoms with van der Waals surface area (Å²) in [7, 11) is 0. The molecule has 1 unspecified atom stereocenters. The van der Waals surface area contributed by atoms with Gasteiger partial charge >= 0.3 is 0 Å². The predicted octanol–water partition coefficient (Wildman–Crippen LogP) is 3.42. The van der Waals surface area contributed by atoms with Crippen molar-refractivity contribution in [2.75, 3.05) is 6.54 Å². The fourth-order valence-corrected chi connectivity index (χ4v) is 5.19. The van der Waals surface area contributed by atoms with Gasteiger partial charge in [-0.3, -0.25) is 14.9 Å². The number of nitrogens with one attached hydrogen (secondary N) is 1. The van der Waals surface area contributed by atoms with Gasteiger partial charge < -0.3 is 0 Å². The third kappa shape index (κ3) is 2.54. The highest BCUT2D eigenvalue weighted by Gasteiger charge is 2.49.